The van der Waals surface area contributed by atoms with E-state index in [4.69, 9.17) is 18.6 Å². The molecule has 0 aliphatic heterocycles. The lowest BCUT2D eigenvalue weighted by Crippen LogP contribution is -2.20. The number of methoxy groups -OCH3 is 3. The van der Waals surface area contributed by atoms with Crippen molar-refractivity contribution >= 4 is 22.6 Å². The molecule has 0 saturated carbocycles. The topological polar surface area (TPSA) is 87.0 Å². The number of carbonyl (C=O) groups is 1. The van der Waals surface area contributed by atoms with Crippen LogP contribution in [0.25, 0.3) is 11.0 Å². The fourth-order valence-electron chi connectivity index (χ4n) is 3.04. The molecule has 0 atom stereocenters. The third-order valence-corrected chi connectivity index (χ3v) is 4.49. The fourth-order valence-corrected chi connectivity index (χ4v) is 3.04. The van der Waals surface area contributed by atoms with Gasteiger partial charge in [-0.3, -0.25) is 4.79 Å². The predicted octanol–water partition coefficient (Wildman–Crippen LogP) is 3.31. The highest BCUT2D eigenvalue weighted by Gasteiger charge is 2.19. The second kappa shape index (κ2) is 8.04. The third kappa shape index (κ3) is 3.64. The van der Waals surface area contributed by atoms with Gasteiger partial charge in [0.15, 0.2) is 11.3 Å². The number of hydrogen-bond donors (Lipinski definition) is 1. The summed E-state index contributed by atoms with van der Waals surface area (Å²) in [5.74, 6) is 1.09. The molecule has 3 rings (SSSR count). The van der Waals surface area contributed by atoms with Crippen LogP contribution < -0.4 is 25.2 Å². The Hall–Kier alpha value is -3.48. The van der Waals surface area contributed by atoms with Gasteiger partial charge in [0.1, 0.15) is 5.75 Å². The van der Waals surface area contributed by atoms with E-state index in [1.807, 2.05) is 0 Å². The van der Waals surface area contributed by atoms with Gasteiger partial charge in [-0.25, -0.2) is 4.79 Å². The van der Waals surface area contributed by atoms with Crippen molar-refractivity contribution in [3.05, 3.63) is 57.9 Å². The van der Waals surface area contributed by atoms with Gasteiger partial charge in [0.05, 0.1) is 33.3 Å². The van der Waals surface area contributed by atoms with Crippen molar-refractivity contribution in [2.45, 2.75) is 13.3 Å². The van der Waals surface area contributed by atoms with Gasteiger partial charge in [-0.1, -0.05) is 6.07 Å². The zero-order valence-electron chi connectivity index (χ0n) is 16.1. The lowest BCUT2D eigenvalue weighted by atomic mass is 10.0. The van der Waals surface area contributed by atoms with E-state index in [1.54, 1.807) is 50.4 Å². The lowest BCUT2D eigenvalue weighted by Gasteiger charge is -2.13. The molecule has 3 aromatic rings. The van der Waals surface area contributed by atoms with Gasteiger partial charge in [0.2, 0.25) is 11.7 Å². The Bertz CT molecular complexity index is 1090. The van der Waals surface area contributed by atoms with Gasteiger partial charge in [0.25, 0.3) is 0 Å². The second-order valence-electron chi connectivity index (χ2n) is 6.13. The van der Waals surface area contributed by atoms with Gasteiger partial charge in [-0.05, 0) is 36.8 Å². The Labute approximate surface area is 161 Å². The molecule has 0 saturated heterocycles. The molecular weight excluding hydrogens is 362 g/mol. The zero-order chi connectivity index (χ0) is 20.3. The molecule has 0 aliphatic rings. The SMILES string of the molecule is COc1cccc(NC(=O)Cc2c(C)c3ccc(OC)c(OC)c3oc2=O)c1. The van der Waals surface area contributed by atoms with Crippen molar-refractivity contribution in [1.29, 1.82) is 0 Å². The van der Waals surface area contributed by atoms with Crippen molar-refractivity contribution in [1.82, 2.24) is 0 Å². The summed E-state index contributed by atoms with van der Waals surface area (Å²) in [6.45, 7) is 1.78. The molecule has 1 amide bonds. The van der Waals surface area contributed by atoms with E-state index in [9.17, 15) is 9.59 Å². The van der Waals surface area contributed by atoms with Gasteiger partial charge in [0, 0.05) is 17.1 Å². The molecule has 1 aromatic heterocycles. The number of ether oxygens (including phenoxy) is 3. The van der Waals surface area contributed by atoms with Crippen LogP contribution in [0.4, 0.5) is 5.69 Å². The van der Waals surface area contributed by atoms with Crippen LogP contribution >= 0.6 is 0 Å². The Morgan fingerprint density at radius 1 is 1.07 bits per heavy atom. The molecule has 0 radical (unpaired) electrons. The standard InChI is InChI=1S/C21H21NO6/c1-12-15-8-9-17(26-3)20(27-4)19(15)28-21(24)16(12)11-18(23)22-13-6-5-7-14(10-13)25-2/h5-10H,11H2,1-4H3,(H,22,23). The summed E-state index contributed by atoms with van der Waals surface area (Å²) in [7, 11) is 4.53. The van der Waals surface area contributed by atoms with Crippen LogP contribution in [0, 0.1) is 6.92 Å². The lowest BCUT2D eigenvalue weighted by molar-refractivity contribution is -0.115. The number of fused-ring (bicyclic) bond motifs is 1. The largest absolute Gasteiger partial charge is 0.497 e. The van der Waals surface area contributed by atoms with Crippen LogP contribution in [-0.4, -0.2) is 27.2 Å². The summed E-state index contributed by atoms with van der Waals surface area (Å²) < 4.78 is 21.2. The molecule has 28 heavy (non-hydrogen) atoms. The molecule has 0 unspecified atom stereocenters. The molecule has 7 heteroatoms. The maximum Gasteiger partial charge on any atom is 0.340 e. The summed E-state index contributed by atoms with van der Waals surface area (Å²) in [6, 6.07) is 10.5. The monoisotopic (exact) mass is 383 g/mol. The molecule has 1 heterocycles. The molecule has 0 bridgehead atoms. The molecule has 146 valence electrons. The average molecular weight is 383 g/mol. The molecule has 0 fully saturated rings. The van der Waals surface area contributed by atoms with E-state index < -0.39 is 5.63 Å². The number of anilines is 1. The highest BCUT2D eigenvalue weighted by Crippen LogP contribution is 2.36. The maximum absolute atomic E-state index is 12.5. The van der Waals surface area contributed by atoms with Crippen molar-refractivity contribution in [3.8, 4) is 17.2 Å². The van der Waals surface area contributed by atoms with Crippen LogP contribution in [0.5, 0.6) is 17.2 Å². The minimum atomic E-state index is -0.586. The highest BCUT2D eigenvalue weighted by atomic mass is 16.5. The van der Waals surface area contributed by atoms with E-state index in [1.165, 1.54) is 14.2 Å². The highest BCUT2D eigenvalue weighted by molar-refractivity contribution is 5.94. The van der Waals surface area contributed by atoms with E-state index >= 15 is 0 Å². The van der Waals surface area contributed by atoms with Gasteiger partial charge in [-0.2, -0.15) is 0 Å². The minimum Gasteiger partial charge on any atom is -0.497 e. The number of benzene rings is 2. The first-order valence-corrected chi connectivity index (χ1v) is 8.59. The van der Waals surface area contributed by atoms with Crippen LogP contribution in [0.15, 0.2) is 45.6 Å². The van der Waals surface area contributed by atoms with E-state index in [0.717, 1.165) is 0 Å². The molecule has 2 aromatic carbocycles. The normalized spacial score (nSPS) is 10.6. The number of amides is 1. The van der Waals surface area contributed by atoms with Crippen molar-refractivity contribution in [2.24, 2.45) is 0 Å². The number of carbonyl (C=O) groups excluding carboxylic acids is 1. The fraction of sp³-hybridized carbons (Fsp3) is 0.238. The summed E-state index contributed by atoms with van der Waals surface area (Å²) in [5.41, 5.74) is 1.24. The maximum atomic E-state index is 12.5. The summed E-state index contributed by atoms with van der Waals surface area (Å²) in [4.78, 5) is 25.0. The van der Waals surface area contributed by atoms with Crippen LogP contribution in [0.2, 0.25) is 0 Å². The summed E-state index contributed by atoms with van der Waals surface area (Å²) in [6.07, 6.45) is -0.115. The number of hydrogen-bond acceptors (Lipinski definition) is 6. The van der Waals surface area contributed by atoms with Crippen molar-refractivity contribution in [2.75, 3.05) is 26.6 Å². The Balaban J connectivity index is 1.95. The smallest absolute Gasteiger partial charge is 0.340 e. The van der Waals surface area contributed by atoms with Gasteiger partial charge in [-0.15, -0.1) is 0 Å². The summed E-state index contributed by atoms with van der Waals surface area (Å²) >= 11 is 0. The van der Waals surface area contributed by atoms with E-state index in [-0.39, 0.29) is 12.3 Å². The van der Waals surface area contributed by atoms with E-state index in [0.29, 0.717) is 45.0 Å². The Kier molecular flexibility index (Phi) is 5.54. The quantitative estimate of drug-likeness (QED) is 0.657. The minimum absolute atomic E-state index is 0.115. The first-order chi connectivity index (χ1) is 13.5. The van der Waals surface area contributed by atoms with Gasteiger partial charge < -0.3 is 23.9 Å². The van der Waals surface area contributed by atoms with Crippen molar-refractivity contribution < 1.29 is 23.4 Å². The van der Waals surface area contributed by atoms with E-state index in [2.05, 4.69) is 5.32 Å². The number of aryl methyl sites for hydroxylation is 1. The molecule has 0 spiro atoms. The first-order valence-electron chi connectivity index (χ1n) is 8.59. The van der Waals surface area contributed by atoms with Crippen LogP contribution in [-0.2, 0) is 11.2 Å². The third-order valence-electron chi connectivity index (χ3n) is 4.49. The number of rotatable bonds is 6. The predicted molar refractivity (Wildman–Crippen MR) is 106 cm³/mol. The average Bonchev–Trinajstić information content (AvgIpc) is 2.70. The second-order valence-corrected chi connectivity index (χ2v) is 6.13. The zero-order valence-corrected chi connectivity index (χ0v) is 16.1. The molecule has 7 nitrogen and oxygen atoms in total. The molecule has 1 N–H and O–H groups in total. The van der Waals surface area contributed by atoms with Gasteiger partial charge >= 0.3 is 5.63 Å². The number of nitrogens with one attached hydrogen (secondary N) is 1. The molecule has 0 aliphatic carbocycles. The Morgan fingerprint density at radius 3 is 2.54 bits per heavy atom. The van der Waals surface area contributed by atoms with Crippen molar-refractivity contribution in [3.63, 3.8) is 0 Å². The summed E-state index contributed by atoms with van der Waals surface area (Å²) in [5, 5.41) is 3.45. The van der Waals surface area contributed by atoms with Crippen LogP contribution in [0.3, 0.4) is 0 Å². The molecular formula is C21H21NO6. The Morgan fingerprint density at radius 2 is 1.86 bits per heavy atom. The van der Waals surface area contributed by atoms with Crippen LogP contribution in [0.1, 0.15) is 11.1 Å². The first kappa shape index (κ1) is 19.3.